The average molecular weight is 284 g/mol. The first-order valence-electron chi connectivity index (χ1n) is 7.53. The van der Waals surface area contributed by atoms with Gasteiger partial charge < -0.3 is 10.1 Å². The van der Waals surface area contributed by atoms with Crippen LogP contribution in [0.4, 0.5) is 0 Å². The molecule has 0 saturated carbocycles. The third-order valence-corrected chi connectivity index (χ3v) is 3.22. The van der Waals surface area contributed by atoms with Crippen LogP contribution in [-0.4, -0.2) is 24.7 Å². The lowest BCUT2D eigenvalue weighted by molar-refractivity contribution is 0.111. The number of hydrogen-bond donors (Lipinski definition) is 1. The van der Waals surface area contributed by atoms with Gasteiger partial charge in [-0.25, -0.2) is 0 Å². The summed E-state index contributed by atoms with van der Waals surface area (Å²) in [6.45, 7) is 6.70. The summed E-state index contributed by atoms with van der Waals surface area (Å²) in [7, 11) is 0. The molecule has 2 aromatic rings. The molecule has 0 aliphatic rings. The Morgan fingerprint density at radius 2 is 1.67 bits per heavy atom. The molecule has 1 atom stereocenters. The van der Waals surface area contributed by atoms with Crippen molar-refractivity contribution < 1.29 is 4.74 Å². The molecule has 0 fully saturated rings. The van der Waals surface area contributed by atoms with Gasteiger partial charge >= 0.3 is 0 Å². The van der Waals surface area contributed by atoms with Crippen LogP contribution in [0.5, 0.6) is 0 Å². The van der Waals surface area contributed by atoms with E-state index in [-0.39, 0.29) is 6.04 Å². The number of aromatic nitrogens is 1. The number of benzene rings is 1. The maximum absolute atomic E-state index is 5.64. The Hall–Kier alpha value is -1.71. The molecule has 0 spiro atoms. The van der Waals surface area contributed by atoms with Crippen LogP contribution in [0.2, 0.25) is 0 Å². The Labute approximate surface area is 127 Å². The maximum atomic E-state index is 5.64. The lowest BCUT2D eigenvalue weighted by Crippen LogP contribution is -2.26. The first kappa shape index (κ1) is 15.7. The van der Waals surface area contributed by atoms with Crippen LogP contribution in [-0.2, 0) is 4.74 Å². The number of ether oxygens (including phenoxy) is 1. The largest absolute Gasteiger partial charge is 0.380 e. The van der Waals surface area contributed by atoms with E-state index < -0.39 is 0 Å². The molecule has 0 amide bonds. The summed E-state index contributed by atoms with van der Waals surface area (Å²) >= 11 is 0. The van der Waals surface area contributed by atoms with Gasteiger partial charge in [0, 0.05) is 25.5 Å². The predicted octanol–water partition coefficient (Wildman–Crippen LogP) is 3.43. The first-order valence-corrected chi connectivity index (χ1v) is 7.53. The van der Waals surface area contributed by atoms with Crippen LogP contribution >= 0.6 is 0 Å². The van der Waals surface area contributed by atoms with Crippen LogP contribution < -0.4 is 5.32 Å². The summed E-state index contributed by atoms with van der Waals surface area (Å²) in [5, 5.41) is 3.57. The Kier molecular flexibility index (Phi) is 6.38. The molecular weight excluding hydrogens is 260 g/mol. The predicted molar refractivity (Wildman–Crippen MR) is 86.2 cm³/mol. The van der Waals surface area contributed by atoms with E-state index in [1.807, 2.05) is 18.5 Å². The van der Waals surface area contributed by atoms with Gasteiger partial charge in [-0.15, -0.1) is 0 Å². The van der Waals surface area contributed by atoms with E-state index in [0.29, 0.717) is 5.92 Å². The molecule has 1 aromatic carbocycles. The van der Waals surface area contributed by atoms with Gasteiger partial charge in [0.05, 0.1) is 12.6 Å². The van der Waals surface area contributed by atoms with Crippen molar-refractivity contribution in [2.24, 2.45) is 5.92 Å². The molecule has 0 radical (unpaired) electrons. The third kappa shape index (κ3) is 5.29. The summed E-state index contributed by atoms with van der Waals surface area (Å²) in [6, 6.07) is 14.8. The lowest BCUT2D eigenvalue weighted by atomic mass is 10.00. The molecular formula is C18H24N2O. The second-order valence-corrected chi connectivity index (χ2v) is 5.55. The van der Waals surface area contributed by atoms with Gasteiger partial charge in [0.1, 0.15) is 0 Å². The molecule has 1 aromatic heterocycles. The SMILES string of the molecule is CC(C)COCCNC(c1ccccc1)c1ccncc1. The van der Waals surface area contributed by atoms with E-state index in [2.05, 4.69) is 60.5 Å². The highest BCUT2D eigenvalue weighted by Gasteiger charge is 2.12. The molecule has 3 heteroatoms. The van der Waals surface area contributed by atoms with E-state index in [9.17, 15) is 0 Å². The van der Waals surface area contributed by atoms with Crippen molar-refractivity contribution in [1.82, 2.24) is 10.3 Å². The van der Waals surface area contributed by atoms with Gasteiger partial charge in [0.25, 0.3) is 0 Å². The van der Waals surface area contributed by atoms with E-state index in [1.54, 1.807) is 0 Å². The topological polar surface area (TPSA) is 34.1 Å². The lowest BCUT2D eigenvalue weighted by Gasteiger charge is -2.20. The molecule has 2 rings (SSSR count). The van der Waals surface area contributed by atoms with E-state index in [1.165, 1.54) is 11.1 Å². The Morgan fingerprint density at radius 1 is 1.00 bits per heavy atom. The Balaban J connectivity index is 1.97. The third-order valence-electron chi connectivity index (χ3n) is 3.22. The summed E-state index contributed by atoms with van der Waals surface area (Å²) in [5.41, 5.74) is 2.48. The number of nitrogens with one attached hydrogen (secondary N) is 1. The molecule has 3 nitrogen and oxygen atoms in total. The van der Waals surface area contributed by atoms with Crippen LogP contribution in [0, 0.1) is 5.92 Å². The molecule has 21 heavy (non-hydrogen) atoms. The summed E-state index contributed by atoms with van der Waals surface area (Å²) in [5.74, 6) is 0.579. The Bertz CT molecular complexity index is 460. The monoisotopic (exact) mass is 284 g/mol. The minimum absolute atomic E-state index is 0.178. The molecule has 0 saturated heterocycles. The van der Waals surface area contributed by atoms with Crippen molar-refractivity contribution in [3.05, 3.63) is 66.0 Å². The molecule has 0 aliphatic heterocycles. The highest BCUT2D eigenvalue weighted by atomic mass is 16.5. The van der Waals surface area contributed by atoms with Crippen molar-refractivity contribution in [2.75, 3.05) is 19.8 Å². The quantitative estimate of drug-likeness (QED) is 0.754. The van der Waals surface area contributed by atoms with E-state index in [4.69, 9.17) is 4.74 Å². The zero-order valence-electron chi connectivity index (χ0n) is 12.8. The van der Waals surface area contributed by atoms with Gasteiger partial charge in [0.2, 0.25) is 0 Å². The van der Waals surface area contributed by atoms with E-state index in [0.717, 1.165) is 19.8 Å². The minimum atomic E-state index is 0.178. The minimum Gasteiger partial charge on any atom is -0.380 e. The fourth-order valence-corrected chi connectivity index (χ4v) is 2.22. The van der Waals surface area contributed by atoms with Gasteiger partial charge in [-0.3, -0.25) is 4.98 Å². The average Bonchev–Trinajstić information content (AvgIpc) is 2.52. The Morgan fingerprint density at radius 3 is 2.33 bits per heavy atom. The summed E-state index contributed by atoms with van der Waals surface area (Å²) in [4.78, 5) is 4.10. The van der Waals surface area contributed by atoms with Crippen LogP contribution in [0.1, 0.15) is 31.0 Å². The summed E-state index contributed by atoms with van der Waals surface area (Å²) in [6.07, 6.45) is 3.67. The molecule has 0 bridgehead atoms. The molecule has 1 N–H and O–H groups in total. The van der Waals surface area contributed by atoms with Crippen molar-refractivity contribution in [3.63, 3.8) is 0 Å². The van der Waals surface area contributed by atoms with E-state index >= 15 is 0 Å². The zero-order chi connectivity index (χ0) is 14.9. The number of pyridine rings is 1. The molecule has 0 aliphatic carbocycles. The molecule has 1 unspecified atom stereocenters. The van der Waals surface area contributed by atoms with Gasteiger partial charge in [0.15, 0.2) is 0 Å². The molecule has 112 valence electrons. The van der Waals surface area contributed by atoms with Crippen molar-refractivity contribution in [3.8, 4) is 0 Å². The van der Waals surface area contributed by atoms with Crippen LogP contribution in [0.15, 0.2) is 54.9 Å². The zero-order valence-corrected chi connectivity index (χ0v) is 12.8. The number of hydrogen-bond acceptors (Lipinski definition) is 3. The number of nitrogens with zero attached hydrogens (tertiary/aromatic N) is 1. The fraction of sp³-hybridized carbons (Fsp3) is 0.389. The van der Waals surface area contributed by atoms with Gasteiger partial charge in [-0.1, -0.05) is 44.2 Å². The highest BCUT2D eigenvalue weighted by Crippen LogP contribution is 2.20. The van der Waals surface area contributed by atoms with Crippen molar-refractivity contribution >= 4 is 0 Å². The fourth-order valence-electron chi connectivity index (χ4n) is 2.22. The highest BCUT2D eigenvalue weighted by molar-refractivity contribution is 5.30. The van der Waals surface area contributed by atoms with Crippen LogP contribution in [0.25, 0.3) is 0 Å². The normalized spacial score (nSPS) is 12.5. The second kappa shape index (κ2) is 8.55. The standard InChI is InChI=1S/C18H24N2O/c1-15(2)14-21-13-12-20-18(16-6-4-3-5-7-16)17-8-10-19-11-9-17/h3-11,15,18,20H,12-14H2,1-2H3. The van der Waals surface area contributed by atoms with Gasteiger partial charge in [-0.05, 0) is 29.2 Å². The first-order chi connectivity index (χ1) is 10.3. The number of rotatable bonds is 8. The van der Waals surface area contributed by atoms with Crippen LogP contribution in [0.3, 0.4) is 0 Å². The van der Waals surface area contributed by atoms with Crippen molar-refractivity contribution in [1.29, 1.82) is 0 Å². The molecule has 1 heterocycles. The maximum Gasteiger partial charge on any atom is 0.0591 e. The summed E-state index contributed by atoms with van der Waals surface area (Å²) < 4.78 is 5.64. The van der Waals surface area contributed by atoms with Crippen molar-refractivity contribution in [2.45, 2.75) is 19.9 Å². The second-order valence-electron chi connectivity index (χ2n) is 5.55. The smallest absolute Gasteiger partial charge is 0.0591 e. The van der Waals surface area contributed by atoms with Gasteiger partial charge in [-0.2, -0.15) is 0 Å².